The van der Waals surface area contributed by atoms with Crippen LogP contribution < -0.4 is 19.5 Å². The van der Waals surface area contributed by atoms with E-state index in [0.717, 1.165) is 11.1 Å². The van der Waals surface area contributed by atoms with Crippen LogP contribution in [0.4, 0.5) is 0 Å². The van der Waals surface area contributed by atoms with Gasteiger partial charge in [-0.05, 0) is 48.4 Å². The van der Waals surface area contributed by atoms with Gasteiger partial charge in [0.25, 0.3) is 5.91 Å². The molecule has 140 valence electrons. The van der Waals surface area contributed by atoms with Crippen molar-refractivity contribution in [3.63, 3.8) is 0 Å². The molecule has 5 nitrogen and oxygen atoms in total. The van der Waals surface area contributed by atoms with E-state index in [2.05, 4.69) is 5.32 Å². The summed E-state index contributed by atoms with van der Waals surface area (Å²) in [5.74, 6) is 1.92. The van der Waals surface area contributed by atoms with Crippen LogP contribution in [0.3, 0.4) is 0 Å². The van der Waals surface area contributed by atoms with E-state index in [4.69, 9.17) is 26.4 Å². The lowest BCUT2D eigenvalue weighted by atomic mass is 10.2. The van der Waals surface area contributed by atoms with Crippen LogP contribution in [0, 0.1) is 6.92 Å². The second-order valence-electron chi connectivity index (χ2n) is 5.78. The Bertz CT molecular complexity index is 895. The van der Waals surface area contributed by atoms with Gasteiger partial charge in [0.05, 0.1) is 12.0 Å². The Morgan fingerprint density at radius 2 is 1.93 bits per heavy atom. The third-order valence-electron chi connectivity index (χ3n) is 3.73. The molecule has 0 spiro atoms. The molecule has 1 saturated heterocycles. The van der Waals surface area contributed by atoms with Crippen molar-refractivity contribution < 1.29 is 19.0 Å². The summed E-state index contributed by atoms with van der Waals surface area (Å²) < 4.78 is 17.3. The van der Waals surface area contributed by atoms with E-state index < -0.39 is 0 Å². The van der Waals surface area contributed by atoms with Gasteiger partial charge in [-0.25, -0.2) is 0 Å². The molecule has 1 aliphatic rings. The van der Waals surface area contributed by atoms with Gasteiger partial charge < -0.3 is 19.5 Å². The highest BCUT2D eigenvalue weighted by Crippen LogP contribution is 2.28. The van der Waals surface area contributed by atoms with Crippen molar-refractivity contribution in [1.29, 1.82) is 0 Å². The minimum atomic E-state index is -0.170. The highest BCUT2D eigenvalue weighted by Gasteiger charge is 2.21. The number of benzene rings is 2. The number of methoxy groups -OCH3 is 1. The standard InChI is InChI=1S/C20H19NO4S2/c1-13-6-7-16(17(10-13)23-2)25-9-8-24-15-5-3-4-14(11-15)12-18-19(22)21-20(26)27-18/h3-7,10-12H,8-9H2,1-2H3,(H,21,22,26)/b18-12-. The highest BCUT2D eigenvalue weighted by atomic mass is 32.2. The number of thiocarbonyl (C=S) groups is 1. The summed E-state index contributed by atoms with van der Waals surface area (Å²) in [6.45, 7) is 2.77. The maximum atomic E-state index is 11.7. The van der Waals surface area contributed by atoms with Crippen molar-refractivity contribution in [3.8, 4) is 17.2 Å². The van der Waals surface area contributed by atoms with Crippen LogP contribution in [-0.2, 0) is 4.79 Å². The number of carbonyl (C=O) groups excluding carboxylic acids is 1. The molecule has 0 aliphatic carbocycles. The molecule has 2 aromatic rings. The van der Waals surface area contributed by atoms with Crippen LogP contribution >= 0.6 is 24.0 Å². The Labute approximate surface area is 167 Å². The number of carbonyl (C=O) groups is 1. The molecule has 7 heteroatoms. The normalized spacial score (nSPS) is 15.0. The lowest BCUT2D eigenvalue weighted by Crippen LogP contribution is -2.17. The van der Waals surface area contributed by atoms with Crippen molar-refractivity contribution in [1.82, 2.24) is 5.32 Å². The predicted molar refractivity (Wildman–Crippen MR) is 111 cm³/mol. The molecule has 27 heavy (non-hydrogen) atoms. The van der Waals surface area contributed by atoms with E-state index >= 15 is 0 Å². The van der Waals surface area contributed by atoms with E-state index in [-0.39, 0.29) is 5.91 Å². The van der Waals surface area contributed by atoms with Gasteiger partial charge in [-0.1, -0.05) is 42.2 Å². The maximum Gasteiger partial charge on any atom is 0.263 e. The largest absolute Gasteiger partial charge is 0.493 e. The molecule has 0 unspecified atom stereocenters. The average molecular weight is 402 g/mol. The minimum Gasteiger partial charge on any atom is -0.493 e. The van der Waals surface area contributed by atoms with E-state index in [0.29, 0.717) is 39.7 Å². The number of rotatable bonds is 7. The number of hydrogen-bond acceptors (Lipinski definition) is 6. The minimum absolute atomic E-state index is 0.170. The zero-order valence-electron chi connectivity index (χ0n) is 15.0. The number of amides is 1. The summed E-state index contributed by atoms with van der Waals surface area (Å²) in [6.07, 6.45) is 1.79. The van der Waals surface area contributed by atoms with Crippen LogP contribution in [0.25, 0.3) is 6.08 Å². The second-order valence-corrected chi connectivity index (χ2v) is 7.49. The van der Waals surface area contributed by atoms with Gasteiger partial charge in [0, 0.05) is 0 Å². The molecule has 1 amide bonds. The molecule has 0 bridgehead atoms. The first-order valence-electron chi connectivity index (χ1n) is 8.30. The first kappa shape index (κ1) is 19.3. The van der Waals surface area contributed by atoms with E-state index in [9.17, 15) is 4.79 Å². The summed E-state index contributed by atoms with van der Waals surface area (Å²) in [6, 6.07) is 13.3. The monoisotopic (exact) mass is 401 g/mol. The van der Waals surface area contributed by atoms with Gasteiger partial charge in [-0.2, -0.15) is 0 Å². The second kappa shape index (κ2) is 8.92. The summed E-state index contributed by atoms with van der Waals surface area (Å²) in [5, 5.41) is 2.60. The Kier molecular flexibility index (Phi) is 6.36. The number of hydrogen-bond donors (Lipinski definition) is 1. The number of thioether (sulfide) groups is 1. The Morgan fingerprint density at radius 1 is 1.11 bits per heavy atom. The van der Waals surface area contributed by atoms with Crippen LogP contribution in [0.2, 0.25) is 0 Å². The SMILES string of the molecule is COc1cc(C)ccc1OCCOc1cccc(/C=C2\SC(=S)NC2=O)c1. The summed E-state index contributed by atoms with van der Waals surface area (Å²) in [4.78, 5) is 12.3. The molecule has 3 rings (SSSR count). The van der Waals surface area contributed by atoms with E-state index in [1.165, 1.54) is 11.8 Å². The summed E-state index contributed by atoms with van der Waals surface area (Å²) in [7, 11) is 1.62. The third-order valence-corrected chi connectivity index (χ3v) is 4.89. The Hall–Kier alpha value is -2.51. The summed E-state index contributed by atoms with van der Waals surface area (Å²) >= 11 is 6.25. The quantitative estimate of drug-likeness (QED) is 0.431. The van der Waals surface area contributed by atoms with Gasteiger partial charge in [0.15, 0.2) is 11.5 Å². The topological polar surface area (TPSA) is 56.8 Å². The molecule has 1 fully saturated rings. The van der Waals surface area contributed by atoms with Crippen molar-refractivity contribution >= 4 is 40.3 Å². The number of nitrogens with one attached hydrogen (secondary N) is 1. The molecular weight excluding hydrogens is 382 g/mol. The van der Waals surface area contributed by atoms with Crippen LogP contribution in [0.5, 0.6) is 17.2 Å². The lowest BCUT2D eigenvalue weighted by molar-refractivity contribution is -0.115. The maximum absolute atomic E-state index is 11.7. The molecule has 0 saturated carbocycles. The molecule has 1 heterocycles. The number of aryl methyl sites for hydroxylation is 1. The number of ether oxygens (including phenoxy) is 3. The van der Waals surface area contributed by atoms with Crippen molar-refractivity contribution in [2.75, 3.05) is 20.3 Å². The van der Waals surface area contributed by atoms with Gasteiger partial charge in [-0.3, -0.25) is 4.79 Å². The van der Waals surface area contributed by atoms with Crippen molar-refractivity contribution in [2.24, 2.45) is 0 Å². The van der Waals surface area contributed by atoms with Gasteiger partial charge in [0.2, 0.25) is 0 Å². The fourth-order valence-electron chi connectivity index (χ4n) is 2.47. The predicted octanol–water partition coefficient (Wildman–Crippen LogP) is 3.95. The molecule has 0 atom stereocenters. The zero-order valence-corrected chi connectivity index (χ0v) is 16.6. The smallest absolute Gasteiger partial charge is 0.263 e. The Morgan fingerprint density at radius 3 is 2.67 bits per heavy atom. The van der Waals surface area contributed by atoms with Gasteiger partial charge >= 0.3 is 0 Å². The molecule has 2 aromatic carbocycles. The third kappa shape index (κ3) is 5.24. The van der Waals surface area contributed by atoms with Crippen LogP contribution in [-0.4, -0.2) is 30.6 Å². The van der Waals surface area contributed by atoms with Crippen molar-refractivity contribution in [3.05, 3.63) is 58.5 Å². The van der Waals surface area contributed by atoms with E-state index in [1.807, 2.05) is 49.4 Å². The molecule has 1 N–H and O–H groups in total. The summed E-state index contributed by atoms with van der Waals surface area (Å²) in [5.41, 5.74) is 1.98. The first-order chi connectivity index (χ1) is 13.0. The molecular formula is C20H19NO4S2. The molecule has 1 aliphatic heterocycles. The Balaban J connectivity index is 1.56. The lowest BCUT2D eigenvalue weighted by Gasteiger charge is -2.12. The fraction of sp³-hybridized carbons (Fsp3) is 0.200. The first-order valence-corrected chi connectivity index (χ1v) is 9.53. The molecule has 0 aromatic heterocycles. The van der Waals surface area contributed by atoms with Crippen LogP contribution in [0.15, 0.2) is 47.4 Å². The fourth-order valence-corrected chi connectivity index (χ4v) is 3.52. The van der Waals surface area contributed by atoms with Crippen LogP contribution in [0.1, 0.15) is 11.1 Å². The van der Waals surface area contributed by atoms with Gasteiger partial charge in [0.1, 0.15) is 23.3 Å². The highest BCUT2D eigenvalue weighted by molar-refractivity contribution is 8.26. The van der Waals surface area contributed by atoms with Gasteiger partial charge in [-0.15, -0.1) is 0 Å². The molecule has 0 radical (unpaired) electrons. The zero-order chi connectivity index (χ0) is 19.2. The average Bonchev–Trinajstić information content (AvgIpc) is 2.97. The van der Waals surface area contributed by atoms with E-state index in [1.54, 1.807) is 13.2 Å². The van der Waals surface area contributed by atoms with Crippen molar-refractivity contribution in [2.45, 2.75) is 6.92 Å².